The van der Waals surface area contributed by atoms with Crippen molar-refractivity contribution in [3.63, 3.8) is 0 Å². The Hall–Kier alpha value is -3.74. The summed E-state index contributed by atoms with van der Waals surface area (Å²) in [5.41, 5.74) is 1.88. The Bertz CT molecular complexity index is 1370. The van der Waals surface area contributed by atoms with Gasteiger partial charge in [-0.3, -0.25) is 24.6 Å². The number of nitriles is 1. The molecule has 3 amide bonds. The predicted molar refractivity (Wildman–Crippen MR) is 140 cm³/mol. The number of carbonyl (C=O) groups is 3. The van der Waals surface area contributed by atoms with Crippen molar-refractivity contribution in [3.05, 3.63) is 64.7 Å². The molecule has 6 rings (SSSR count). The molecule has 2 N–H and O–H groups in total. The molecule has 3 fully saturated rings. The van der Waals surface area contributed by atoms with Gasteiger partial charge in [0, 0.05) is 43.7 Å². The van der Waals surface area contributed by atoms with Gasteiger partial charge in [-0.1, -0.05) is 30.3 Å². The molecule has 2 saturated heterocycles. The third-order valence-electron chi connectivity index (χ3n) is 8.71. The van der Waals surface area contributed by atoms with Gasteiger partial charge in [0.05, 0.1) is 17.1 Å². The second-order valence-electron chi connectivity index (χ2n) is 11.4. The molecule has 2 aromatic rings. The van der Waals surface area contributed by atoms with Crippen molar-refractivity contribution in [3.8, 4) is 11.8 Å². The van der Waals surface area contributed by atoms with Crippen LogP contribution in [0, 0.1) is 16.7 Å². The van der Waals surface area contributed by atoms with Crippen molar-refractivity contribution in [1.29, 1.82) is 5.26 Å². The maximum Gasteiger partial charge on any atom is 0.255 e. The number of carbonyl (C=O) groups excluding carboxylic acids is 3. The summed E-state index contributed by atoms with van der Waals surface area (Å²) >= 11 is 0. The number of imide groups is 1. The number of hydrogen-bond donors (Lipinski definition) is 2. The lowest BCUT2D eigenvalue weighted by atomic mass is 9.83. The van der Waals surface area contributed by atoms with Crippen molar-refractivity contribution in [2.24, 2.45) is 5.41 Å². The molecule has 1 unspecified atom stereocenters. The average Bonchev–Trinajstić information content (AvgIpc) is 3.66. The van der Waals surface area contributed by atoms with Crippen LogP contribution in [-0.4, -0.2) is 58.4 Å². The summed E-state index contributed by atoms with van der Waals surface area (Å²) in [5.74, 6) is -0.138. The lowest BCUT2D eigenvalue weighted by Crippen LogP contribution is -2.52. The van der Waals surface area contributed by atoms with Crippen LogP contribution in [0.15, 0.2) is 42.5 Å². The fourth-order valence-electron chi connectivity index (χ4n) is 5.91. The van der Waals surface area contributed by atoms with E-state index in [0.29, 0.717) is 57.6 Å². The van der Waals surface area contributed by atoms with Crippen LogP contribution in [0.3, 0.4) is 0 Å². The Kier molecular flexibility index (Phi) is 6.40. The third kappa shape index (κ3) is 4.90. The largest absolute Gasteiger partial charge is 0.492 e. The molecule has 202 valence electrons. The van der Waals surface area contributed by atoms with E-state index in [1.165, 1.54) is 4.90 Å². The summed E-state index contributed by atoms with van der Waals surface area (Å²) in [7, 11) is 0. The lowest BCUT2D eigenvalue weighted by Gasteiger charge is -2.39. The molecule has 1 atom stereocenters. The van der Waals surface area contributed by atoms with Crippen LogP contribution in [0.4, 0.5) is 0 Å². The zero-order valence-corrected chi connectivity index (χ0v) is 21.8. The number of benzene rings is 2. The van der Waals surface area contributed by atoms with Gasteiger partial charge in [-0.25, -0.2) is 0 Å². The molecule has 0 spiro atoms. The number of piperidine rings is 2. The highest BCUT2D eigenvalue weighted by molar-refractivity contribution is 6.05. The number of rotatable bonds is 7. The molecule has 9 heteroatoms. The van der Waals surface area contributed by atoms with Crippen LogP contribution in [0.2, 0.25) is 0 Å². The molecule has 9 nitrogen and oxygen atoms in total. The topological polar surface area (TPSA) is 123 Å². The molecule has 3 heterocycles. The van der Waals surface area contributed by atoms with Crippen LogP contribution >= 0.6 is 0 Å². The van der Waals surface area contributed by atoms with Gasteiger partial charge in [0.2, 0.25) is 11.8 Å². The van der Waals surface area contributed by atoms with Crippen molar-refractivity contribution >= 4 is 17.7 Å². The minimum Gasteiger partial charge on any atom is -0.492 e. The monoisotopic (exact) mass is 528 g/mol. The van der Waals surface area contributed by atoms with E-state index in [-0.39, 0.29) is 23.7 Å². The number of ether oxygens (including phenoxy) is 1. The average molecular weight is 529 g/mol. The van der Waals surface area contributed by atoms with Crippen molar-refractivity contribution < 1.29 is 24.2 Å². The van der Waals surface area contributed by atoms with Gasteiger partial charge in [0.25, 0.3) is 5.91 Å². The van der Waals surface area contributed by atoms with Gasteiger partial charge in [0.1, 0.15) is 18.4 Å². The first kappa shape index (κ1) is 25.5. The van der Waals surface area contributed by atoms with Gasteiger partial charge in [-0.05, 0) is 55.4 Å². The number of fused-ring (bicyclic) bond motifs is 1. The summed E-state index contributed by atoms with van der Waals surface area (Å²) in [5, 5.41) is 23.3. The molecule has 1 saturated carbocycles. The van der Waals surface area contributed by atoms with Crippen molar-refractivity contribution in [1.82, 2.24) is 15.1 Å². The van der Waals surface area contributed by atoms with Crippen LogP contribution in [0.5, 0.6) is 5.75 Å². The van der Waals surface area contributed by atoms with Crippen molar-refractivity contribution in [2.75, 3.05) is 19.7 Å². The SMILES string of the molecule is N#CC1(COc2ccccc2CN2CCC(O)(c3ccc4c(c3)CN(C3CCC(=O)NC3=O)C4=O)CC2)CC1. The first-order chi connectivity index (χ1) is 18.8. The van der Waals surface area contributed by atoms with Crippen LogP contribution in [0.25, 0.3) is 0 Å². The number of nitrogens with zero attached hydrogens (tertiary/aromatic N) is 3. The Morgan fingerprint density at radius 3 is 2.56 bits per heavy atom. The quantitative estimate of drug-likeness (QED) is 0.530. The summed E-state index contributed by atoms with van der Waals surface area (Å²) in [4.78, 5) is 40.7. The Morgan fingerprint density at radius 1 is 1.08 bits per heavy atom. The number of para-hydroxylation sites is 1. The molecule has 0 radical (unpaired) electrons. The van der Waals surface area contributed by atoms with E-state index < -0.39 is 17.6 Å². The van der Waals surface area contributed by atoms with E-state index >= 15 is 0 Å². The number of nitrogens with one attached hydrogen (secondary N) is 1. The van der Waals surface area contributed by atoms with E-state index in [2.05, 4.69) is 16.3 Å². The summed E-state index contributed by atoms with van der Waals surface area (Å²) in [6.45, 7) is 2.81. The molecule has 0 aromatic heterocycles. The minimum absolute atomic E-state index is 0.212. The molecule has 4 aliphatic rings. The van der Waals surface area contributed by atoms with Gasteiger partial charge in [-0.2, -0.15) is 5.26 Å². The van der Waals surface area contributed by atoms with E-state index in [0.717, 1.165) is 35.3 Å². The predicted octanol–water partition coefficient (Wildman–Crippen LogP) is 2.61. The standard InChI is InChI=1S/C30H32N4O5/c31-18-29(9-10-29)19-39-25-4-2-1-3-20(25)16-33-13-11-30(38,12-14-33)22-5-6-23-21(15-22)17-34(28(23)37)24-7-8-26(35)32-27(24)36/h1-6,15,24,38H,7-14,16-17,19H2,(H,32,35,36). The highest BCUT2D eigenvalue weighted by Gasteiger charge is 2.44. The number of likely N-dealkylation sites (tertiary alicyclic amines) is 1. The molecular weight excluding hydrogens is 496 g/mol. The van der Waals surface area contributed by atoms with E-state index in [9.17, 15) is 24.8 Å². The minimum atomic E-state index is -1.00. The second-order valence-corrected chi connectivity index (χ2v) is 11.4. The number of aliphatic hydroxyl groups is 1. The first-order valence-corrected chi connectivity index (χ1v) is 13.6. The highest BCUT2D eigenvalue weighted by Crippen LogP contribution is 2.45. The number of hydrogen-bond acceptors (Lipinski definition) is 7. The van der Waals surface area contributed by atoms with Gasteiger partial charge >= 0.3 is 0 Å². The molecule has 2 aromatic carbocycles. The molecular formula is C30H32N4O5. The lowest BCUT2D eigenvalue weighted by molar-refractivity contribution is -0.136. The first-order valence-electron chi connectivity index (χ1n) is 13.6. The Labute approximate surface area is 227 Å². The second kappa shape index (κ2) is 9.78. The van der Waals surface area contributed by atoms with E-state index in [1.807, 2.05) is 36.4 Å². The third-order valence-corrected chi connectivity index (χ3v) is 8.71. The Balaban J connectivity index is 1.09. The smallest absolute Gasteiger partial charge is 0.255 e. The number of amides is 3. The normalized spacial score (nSPS) is 23.6. The van der Waals surface area contributed by atoms with E-state index in [1.54, 1.807) is 6.07 Å². The van der Waals surface area contributed by atoms with Gasteiger partial charge < -0.3 is 14.7 Å². The molecule has 39 heavy (non-hydrogen) atoms. The summed E-state index contributed by atoms with van der Waals surface area (Å²) < 4.78 is 6.05. The molecule has 0 bridgehead atoms. The fraction of sp³-hybridized carbons (Fsp3) is 0.467. The zero-order valence-electron chi connectivity index (χ0n) is 21.8. The zero-order chi connectivity index (χ0) is 27.2. The highest BCUT2D eigenvalue weighted by atomic mass is 16.5. The van der Waals surface area contributed by atoms with Crippen molar-refractivity contribution in [2.45, 2.75) is 63.3 Å². The Morgan fingerprint density at radius 2 is 1.85 bits per heavy atom. The molecule has 1 aliphatic carbocycles. The van der Waals surface area contributed by atoms with Crippen LogP contribution in [0.1, 0.15) is 65.6 Å². The van der Waals surface area contributed by atoms with E-state index in [4.69, 9.17) is 4.74 Å². The maximum absolute atomic E-state index is 13.0. The molecule has 3 aliphatic heterocycles. The maximum atomic E-state index is 13.0. The van der Waals surface area contributed by atoms with Crippen LogP contribution < -0.4 is 10.1 Å². The fourth-order valence-corrected chi connectivity index (χ4v) is 5.91. The van der Waals surface area contributed by atoms with Gasteiger partial charge in [-0.15, -0.1) is 0 Å². The summed E-state index contributed by atoms with van der Waals surface area (Å²) in [6.07, 6.45) is 3.43. The summed E-state index contributed by atoms with van der Waals surface area (Å²) in [6, 6.07) is 15.1. The van der Waals surface area contributed by atoms with Crippen LogP contribution in [-0.2, 0) is 28.3 Å². The van der Waals surface area contributed by atoms with Gasteiger partial charge in [0.15, 0.2) is 0 Å².